The standard InChI is InChI=1S/C14H16N2O2/c1-16(12-6-3-2-4-7-12)10-9-15-14(17)13-8-5-11-18-13/h2-8,11H,9-10H2,1H3,(H,15,17). The molecule has 1 heterocycles. The van der Waals surface area contributed by atoms with Crippen LogP contribution in [0.15, 0.2) is 53.1 Å². The lowest BCUT2D eigenvalue weighted by atomic mass is 10.3. The number of benzene rings is 1. The van der Waals surface area contributed by atoms with Gasteiger partial charge in [-0.25, -0.2) is 0 Å². The molecule has 1 amide bonds. The van der Waals surface area contributed by atoms with E-state index in [1.54, 1.807) is 12.1 Å². The Hall–Kier alpha value is -2.23. The zero-order valence-corrected chi connectivity index (χ0v) is 10.3. The van der Waals surface area contributed by atoms with Crippen molar-refractivity contribution in [3.63, 3.8) is 0 Å². The Balaban J connectivity index is 1.77. The van der Waals surface area contributed by atoms with Crippen LogP contribution in [0.2, 0.25) is 0 Å². The third-order valence-corrected chi connectivity index (χ3v) is 2.67. The van der Waals surface area contributed by atoms with Crippen LogP contribution in [0.4, 0.5) is 5.69 Å². The summed E-state index contributed by atoms with van der Waals surface area (Å²) in [6.07, 6.45) is 1.49. The number of hydrogen-bond donors (Lipinski definition) is 1. The highest BCUT2D eigenvalue weighted by atomic mass is 16.3. The Morgan fingerprint density at radius 3 is 2.67 bits per heavy atom. The third-order valence-electron chi connectivity index (χ3n) is 2.67. The number of nitrogens with zero attached hydrogens (tertiary/aromatic N) is 1. The van der Waals surface area contributed by atoms with E-state index in [4.69, 9.17) is 4.42 Å². The quantitative estimate of drug-likeness (QED) is 0.876. The number of amides is 1. The van der Waals surface area contributed by atoms with Gasteiger partial charge >= 0.3 is 0 Å². The number of furan rings is 1. The summed E-state index contributed by atoms with van der Waals surface area (Å²) in [6, 6.07) is 13.4. The van der Waals surface area contributed by atoms with Crippen molar-refractivity contribution in [1.29, 1.82) is 0 Å². The first-order valence-corrected chi connectivity index (χ1v) is 5.85. The fourth-order valence-corrected chi connectivity index (χ4v) is 1.64. The zero-order chi connectivity index (χ0) is 12.8. The number of carbonyl (C=O) groups excluding carboxylic acids is 1. The van der Waals surface area contributed by atoms with Crippen molar-refractivity contribution in [1.82, 2.24) is 5.32 Å². The van der Waals surface area contributed by atoms with Crippen LogP contribution < -0.4 is 10.2 Å². The molecule has 0 saturated carbocycles. The van der Waals surface area contributed by atoms with Gasteiger partial charge in [-0.05, 0) is 24.3 Å². The van der Waals surface area contributed by atoms with Crippen molar-refractivity contribution >= 4 is 11.6 Å². The molecule has 2 rings (SSSR count). The van der Waals surface area contributed by atoms with E-state index in [9.17, 15) is 4.79 Å². The number of anilines is 1. The van der Waals surface area contributed by atoms with Gasteiger partial charge in [0.1, 0.15) is 0 Å². The van der Waals surface area contributed by atoms with Gasteiger partial charge in [0.25, 0.3) is 5.91 Å². The highest BCUT2D eigenvalue weighted by molar-refractivity contribution is 5.91. The molecular weight excluding hydrogens is 228 g/mol. The van der Waals surface area contributed by atoms with E-state index in [1.165, 1.54) is 6.26 Å². The monoisotopic (exact) mass is 244 g/mol. The fourth-order valence-electron chi connectivity index (χ4n) is 1.64. The minimum atomic E-state index is -0.179. The molecule has 0 fully saturated rings. The van der Waals surface area contributed by atoms with Crippen LogP contribution >= 0.6 is 0 Å². The molecule has 0 aliphatic carbocycles. The lowest BCUT2D eigenvalue weighted by molar-refractivity contribution is 0.0927. The van der Waals surface area contributed by atoms with Gasteiger partial charge in [-0.3, -0.25) is 4.79 Å². The van der Waals surface area contributed by atoms with Gasteiger partial charge in [0.2, 0.25) is 0 Å². The average Bonchev–Trinajstić information content (AvgIpc) is 2.93. The molecule has 0 spiro atoms. The van der Waals surface area contributed by atoms with Crippen molar-refractivity contribution in [2.75, 3.05) is 25.0 Å². The van der Waals surface area contributed by atoms with Crippen LogP contribution in [-0.2, 0) is 0 Å². The molecule has 4 heteroatoms. The summed E-state index contributed by atoms with van der Waals surface area (Å²) in [4.78, 5) is 13.7. The van der Waals surface area contributed by atoms with E-state index in [2.05, 4.69) is 10.2 Å². The van der Waals surface area contributed by atoms with Gasteiger partial charge in [0, 0.05) is 25.8 Å². The first kappa shape index (κ1) is 12.2. The summed E-state index contributed by atoms with van der Waals surface area (Å²) in [5.74, 6) is 0.166. The van der Waals surface area contributed by atoms with Crippen molar-refractivity contribution in [2.45, 2.75) is 0 Å². The number of likely N-dealkylation sites (N-methyl/N-ethyl adjacent to an activating group) is 1. The Labute approximate surface area is 106 Å². The maximum Gasteiger partial charge on any atom is 0.287 e. The van der Waals surface area contributed by atoms with Crippen molar-refractivity contribution in [3.05, 3.63) is 54.5 Å². The van der Waals surface area contributed by atoms with Gasteiger partial charge in [-0.15, -0.1) is 0 Å². The molecular formula is C14H16N2O2. The normalized spacial score (nSPS) is 10.1. The largest absolute Gasteiger partial charge is 0.459 e. The van der Waals surface area contributed by atoms with Gasteiger partial charge < -0.3 is 14.6 Å². The predicted molar refractivity (Wildman–Crippen MR) is 70.8 cm³/mol. The van der Waals surface area contributed by atoms with Crippen LogP contribution in [0.3, 0.4) is 0 Å². The topological polar surface area (TPSA) is 45.5 Å². The molecule has 0 atom stereocenters. The smallest absolute Gasteiger partial charge is 0.287 e. The number of para-hydroxylation sites is 1. The van der Waals surface area contributed by atoms with Gasteiger partial charge in [-0.2, -0.15) is 0 Å². The van der Waals surface area contributed by atoms with E-state index >= 15 is 0 Å². The van der Waals surface area contributed by atoms with E-state index in [1.807, 2.05) is 37.4 Å². The lowest BCUT2D eigenvalue weighted by Crippen LogP contribution is -2.32. The van der Waals surface area contributed by atoms with E-state index in [-0.39, 0.29) is 5.91 Å². The molecule has 0 saturated heterocycles. The van der Waals surface area contributed by atoms with Crippen molar-refractivity contribution < 1.29 is 9.21 Å². The SMILES string of the molecule is CN(CCNC(=O)c1ccco1)c1ccccc1. The first-order valence-electron chi connectivity index (χ1n) is 5.85. The Morgan fingerprint density at radius 1 is 1.22 bits per heavy atom. The molecule has 4 nitrogen and oxygen atoms in total. The molecule has 0 aliphatic heterocycles. The third kappa shape index (κ3) is 3.13. The Bertz CT molecular complexity index is 480. The predicted octanol–water partition coefficient (Wildman–Crippen LogP) is 2.15. The number of carbonyl (C=O) groups is 1. The molecule has 18 heavy (non-hydrogen) atoms. The van der Waals surface area contributed by atoms with Gasteiger partial charge in [0.15, 0.2) is 5.76 Å². The van der Waals surface area contributed by atoms with E-state index in [0.29, 0.717) is 12.3 Å². The Morgan fingerprint density at radius 2 is 2.00 bits per heavy atom. The summed E-state index contributed by atoms with van der Waals surface area (Å²) in [5, 5.41) is 2.81. The lowest BCUT2D eigenvalue weighted by Gasteiger charge is -2.19. The maximum atomic E-state index is 11.6. The Kier molecular flexibility index (Phi) is 4.02. The maximum absolute atomic E-state index is 11.6. The molecule has 1 aromatic heterocycles. The molecule has 0 radical (unpaired) electrons. The first-order chi connectivity index (χ1) is 8.77. The summed E-state index contributed by atoms with van der Waals surface area (Å²) >= 11 is 0. The van der Waals surface area contributed by atoms with Crippen LogP contribution in [0.1, 0.15) is 10.6 Å². The van der Waals surface area contributed by atoms with Gasteiger partial charge in [-0.1, -0.05) is 18.2 Å². The summed E-state index contributed by atoms with van der Waals surface area (Å²) in [6.45, 7) is 1.32. The van der Waals surface area contributed by atoms with E-state index in [0.717, 1.165) is 12.2 Å². The van der Waals surface area contributed by atoms with E-state index < -0.39 is 0 Å². The zero-order valence-electron chi connectivity index (χ0n) is 10.3. The van der Waals surface area contributed by atoms with Crippen LogP contribution in [0.5, 0.6) is 0 Å². The van der Waals surface area contributed by atoms with Gasteiger partial charge in [0.05, 0.1) is 6.26 Å². The second-order valence-electron chi connectivity index (χ2n) is 3.99. The minimum absolute atomic E-state index is 0.179. The number of hydrogen-bond acceptors (Lipinski definition) is 3. The summed E-state index contributed by atoms with van der Waals surface area (Å²) in [5.41, 5.74) is 1.13. The minimum Gasteiger partial charge on any atom is -0.459 e. The van der Waals surface area contributed by atoms with Crippen LogP contribution in [0.25, 0.3) is 0 Å². The molecule has 0 aliphatic rings. The molecule has 0 bridgehead atoms. The van der Waals surface area contributed by atoms with Crippen LogP contribution in [0, 0.1) is 0 Å². The second-order valence-corrected chi connectivity index (χ2v) is 3.99. The molecule has 94 valence electrons. The number of rotatable bonds is 5. The summed E-state index contributed by atoms with van der Waals surface area (Å²) in [7, 11) is 1.99. The molecule has 1 N–H and O–H groups in total. The molecule has 0 unspecified atom stereocenters. The second kappa shape index (κ2) is 5.91. The highest BCUT2D eigenvalue weighted by Gasteiger charge is 2.07. The van der Waals surface area contributed by atoms with Crippen LogP contribution in [-0.4, -0.2) is 26.0 Å². The van der Waals surface area contributed by atoms with Crippen molar-refractivity contribution in [2.24, 2.45) is 0 Å². The number of nitrogens with one attached hydrogen (secondary N) is 1. The van der Waals surface area contributed by atoms with Crippen molar-refractivity contribution in [3.8, 4) is 0 Å². The summed E-state index contributed by atoms with van der Waals surface area (Å²) < 4.78 is 5.01. The average molecular weight is 244 g/mol. The molecule has 1 aromatic carbocycles. The highest BCUT2D eigenvalue weighted by Crippen LogP contribution is 2.09. The molecule has 2 aromatic rings. The fraction of sp³-hybridized carbons (Fsp3) is 0.214.